The van der Waals surface area contributed by atoms with E-state index in [1.54, 1.807) is 19.2 Å². The molecule has 0 spiro atoms. The van der Waals surface area contributed by atoms with Crippen molar-refractivity contribution >= 4 is 17.5 Å². The zero-order chi connectivity index (χ0) is 21.5. The Morgan fingerprint density at radius 3 is 2.42 bits per heavy atom. The highest BCUT2D eigenvalue weighted by Crippen LogP contribution is 2.36. The Bertz CT molecular complexity index is 1180. The molecule has 0 unspecified atom stereocenters. The Morgan fingerprint density at radius 1 is 0.968 bits per heavy atom. The maximum Gasteiger partial charge on any atom is 0.258 e. The maximum absolute atomic E-state index is 13.3. The smallest absolute Gasteiger partial charge is 0.258 e. The van der Waals surface area contributed by atoms with E-state index >= 15 is 0 Å². The van der Waals surface area contributed by atoms with Gasteiger partial charge in [-0.15, -0.1) is 0 Å². The Hall–Kier alpha value is -3.05. The Morgan fingerprint density at radius 2 is 1.71 bits per heavy atom. The largest absolute Gasteiger partial charge is 0.497 e. The number of piperidine rings is 1. The van der Waals surface area contributed by atoms with Crippen molar-refractivity contribution in [3.63, 3.8) is 0 Å². The van der Waals surface area contributed by atoms with Crippen molar-refractivity contribution in [2.75, 3.05) is 20.2 Å². The Balaban J connectivity index is 1.42. The van der Waals surface area contributed by atoms with Gasteiger partial charge < -0.3 is 14.2 Å². The number of carbonyl (C=O) groups is 1. The summed E-state index contributed by atoms with van der Waals surface area (Å²) in [6.07, 6.45) is 1.01. The van der Waals surface area contributed by atoms with Gasteiger partial charge in [0.05, 0.1) is 7.11 Å². The highest BCUT2D eigenvalue weighted by molar-refractivity contribution is 6.30. The molecule has 6 heteroatoms. The first-order chi connectivity index (χ1) is 15.0. The van der Waals surface area contributed by atoms with Crippen LogP contribution in [0.1, 0.15) is 28.4 Å². The van der Waals surface area contributed by atoms with E-state index in [0.29, 0.717) is 35.8 Å². The van der Waals surface area contributed by atoms with Crippen molar-refractivity contribution in [1.29, 1.82) is 0 Å². The minimum Gasteiger partial charge on any atom is -0.497 e. The molecule has 0 radical (unpaired) electrons. The molecule has 1 saturated heterocycles. The minimum absolute atomic E-state index is 0.0319. The summed E-state index contributed by atoms with van der Waals surface area (Å²) in [4.78, 5) is 28.3. The number of rotatable bonds is 3. The van der Waals surface area contributed by atoms with Gasteiger partial charge in [-0.05, 0) is 66.4 Å². The maximum atomic E-state index is 13.3. The molecule has 2 atom stereocenters. The van der Waals surface area contributed by atoms with E-state index in [9.17, 15) is 9.59 Å². The zero-order valence-electron chi connectivity index (χ0n) is 17.3. The molecule has 2 aromatic carbocycles. The van der Waals surface area contributed by atoms with Crippen LogP contribution in [0.5, 0.6) is 5.75 Å². The van der Waals surface area contributed by atoms with Crippen LogP contribution in [0.25, 0.3) is 11.1 Å². The summed E-state index contributed by atoms with van der Waals surface area (Å²) in [6, 6.07) is 18.6. The highest BCUT2D eigenvalue weighted by Gasteiger charge is 2.37. The molecule has 1 aromatic heterocycles. The van der Waals surface area contributed by atoms with Crippen molar-refractivity contribution in [3.05, 3.63) is 87.3 Å². The fraction of sp³-hybridized carbons (Fsp3) is 0.280. The fourth-order valence-corrected chi connectivity index (χ4v) is 5.00. The summed E-state index contributed by atoms with van der Waals surface area (Å²) < 4.78 is 7.10. The molecule has 0 saturated carbocycles. The Kier molecular flexibility index (Phi) is 5.06. The molecular formula is C25H23ClN2O3. The second kappa shape index (κ2) is 7.89. The molecule has 2 bridgehead atoms. The fourth-order valence-electron chi connectivity index (χ4n) is 4.88. The molecule has 5 nitrogen and oxygen atoms in total. The van der Waals surface area contributed by atoms with E-state index < -0.39 is 0 Å². The minimum atomic E-state index is 0.0319. The van der Waals surface area contributed by atoms with Crippen LogP contribution in [-0.4, -0.2) is 35.6 Å². The van der Waals surface area contributed by atoms with E-state index in [2.05, 4.69) is 0 Å². The average Bonchev–Trinajstić information content (AvgIpc) is 2.80. The summed E-state index contributed by atoms with van der Waals surface area (Å²) in [6.45, 7) is 1.93. The number of pyridine rings is 1. The molecule has 3 heterocycles. The first kappa shape index (κ1) is 19.9. The molecule has 0 N–H and O–H groups in total. The molecule has 3 aromatic rings. The second-order valence-electron chi connectivity index (χ2n) is 8.33. The van der Waals surface area contributed by atoms with Crippen LogP contribution >= 0.6 is 11.6 Å². The van der Waals surface area contributed by atoms with Gasteiger partial charge in [0, 0.05) is 47.4 Å². The quantitative estimate of drug-likeness (QED) is 0.612. The van der Waals surface area contributed by atoms with Gasteiger partial charge in [-0.1, -0.05) is 23.7 Å². The lowest BCUT2D eigenvalue weighted by Crippen LogP contribution is -2.49. The lowest BCUT2D eigenvalue weighted by molar-refractivity contribution is 0.0594. The molecule has 2 aliphatic heterocycles. The number of methoxy groups -OCH3 is 1. The number of carbonyl (C=O) groups excluding carboxylic acids is 1. The van der Waals surface area contributed by atoms with Crippen LogP contribution in [0, 0.1) is 5.92 Å². The van der Waals surface area contributed by atoms with Crippen LogP contribution in [0.3, 0.4) is 0 Å². The van der Waals surface area contributed by atoms with Gasteiger partial charge in [0.15, 0.2) is 0 Å². The van der Waals surface area contributed by atoms with E-state index in [0.717, 1.165) is 23.4 Å². The number of benzene rings is 2. The van der Waals surface area contributed by atoms with E-state index in [-0.39, 0.29) is 23.3 Å². The number of amides is 1. The molecule has 1 fully saturated rings. The number of fused-ring (bicyclic) bond motifs is 4. The van der Waals surface area contributed by atoms with Gasteiger partial charge >= 0.3 is 0 Å². The normalized spacial score (nSPS) is 19.6. The summed E-state index contributed by atoms with van der Waals surface area (Å²) >= 11 is 6.00. The molecule has 2 aliphatic rings. The first-order valence-electron chi connectivity index (χ1n) is 10.5. The number of hydrogen-bond acceptors (Lipinski definition) is 3. The van der Waals surface area contributed by atoms with Crippen molar-refractivity contribution < 1.29 is 9.53 Å². The second-order valence-corrected chi connectivity index (χ2v) is 8.77. The Labute approximate surface area is 185 Å². The van der Waals surface area contributed by atoms with Gasteiger partial charge in [-0.2, -0.15) is 0 Å². The molecule has 31 heavy (non-hydrogen) atoms. The topological polar surface area (TPSA) is 51.5 Å². The average molecular weight is 435 g/mol. The molecule has 158 valence electrons. The van der Waals surface area contributed by atoms with Crippen LogP contribution < -0.4 is 10.3 Å². The van der Waals surface area contributed by atoms with E-state index in [4.69, 9.17) is 16.3 Å². The van der Waals surface area contributed by atoms with Crippen LogP contribution in [0.15, 0.2) is 65.5 Å². The van der Waals surface area contributed by atoms with Crippen LogP contribution in [0.2, 0.25) is 5.02 Å². The van der Waals surface area contributed by atoms with E-state index in [1.807, 2.05) is 58.0 Å². The summed E-state index contributed by atoms with van der Waals surface area (Å²) in [7, 11) is 1.61. The van der Waals surface area contributed by atoms with E-state index in [1.165, 1.54) is 0 Å². The molecule has 5 rings (SSSR count). The number of likely N-dealkylation sites (tertiary alicyclic amines) is 1. The third-order valence-electron chi connectivity index (χ3n) is 6.38. The number of ether oxygens (including phenoxy) is 1. The lowest BCUT2D eigenvalue weighted by Gasteiger charge is -2.43. The number of nitrogens with zero attached hydrogens (tertiary/aromatic N) is 2. The zero-order valence-corrected chi connectivity index (χ0v) is 18.0. The molecular weight excluding hydrogens is 412 g/mol. The van der Waals surface area contributed by atoms with Crippen molar-refractivity contribution in [1.82, 2.24) is 9.47 Å². The number of hydrogen-bond donors (Lipinski definition) is 0. The predicted octanol–water partition coefficient (Wildman–Crippen LogP) is 4.44. The van der Waals surface area contributed by atoms with Gasteiger partial charge in [0.25, 0.3) is 11.5 Å². The van der Waals surface area contributed by atoms with Crippen molar-refractivity contribution in [2.24, 2.45) is 5.92 Å². The monoisotopic (exact) mass is 434 g/mol. The third-order valence-corrected chi connectivity index (χ3v) is 6.64. The lowest BCUT2D eigenvalue weighted by atomic mass is 9.82. The number of aromatic nitrogens is 1. The van der Waals surface area contributed by atoms with Crippen LogP contribution in [-0.2, 0) is 6.54 Å². The van der Waals surface area contributed by atoms with Gasteiger partial charge in [0.2, 0.25) is 0 Å². The number of halogens is 1. The SMILES string of the molecule is COc1ccc(C(=O)N2C[C@@H]3C[C@H](C2)c2ccc(-c4ccc(Cl)cc4)c(=O)n2C3)cc1. The van der Waals surface area contributed by atoms with Crippen molar-refractivity contribution in [3.8, 4) is 16.9 Å². The highest BCUT2D eigenvalue weighted by atomic mass is 35.5. The summed E-state index contributed by atoms with van der Waals surface area (Å²) in [5.41, 5.74) is 3.27. The van der Waals surface area contributed by atoms with Gasteiger partial charge in [-0.25, -0.2) is 0 Å². The first-order valence-corrected chi connectivity index (χ1v) is 10.8. The van der Waals surface area contributed by atoms with Crippen LogP contribution in [0.4, 0.5) is 0 Å². The van der Waals surface area contributed by atoms with Gasteiger partial charge in [0.1, 0.15) is 5.75 Å². The summed E-state index contributed by atoms with van der Waals surface area (Å²) in [5, 5.41) is 0.651. The summed E-state index contributed by atoms with van der Waals surface area (Å²) in [5.74, 6) is 1.20. The third kappa shape index (κ3) is 3.63. The molecule has 1 amide bonds. The standard InChI is InChI=1S/C25H23ClN2O3/c1-31-21-8-4-18(5-9-21)24(29)27-13-16-12-19(15-27)23-11-10-22(25(30)28(23)14-16)17-2-6-20(26)7-3-17/h2-11,16,19H,12-15H2,1H3/t16-,19+/m0/s1. The predicted molar refractivity (Wildman–Crippen MR) is 121 cm³/mol. The molecule has 0 aliphatic carbocycles. The van der Waals surface area contributed by atoms with Gasteiger partial charge in [-0.3, -0.25) is 9.59 Å². The van der Waals surface area contributed by atoms with Crippen molar-refractivity contribution in [2.45, 2.75) is 18.9 Å².